The molecule has 0 spiro atoms. The number of nitrogens with zero attached hydrogens (tertiary/aromatic N) is 2. The van der Waals surface area contributed by atoms with Crippen molar-refractivity contribution in [1.29, 1.82) is 5.26 Å². The van der Waals surface area contributed by atoms with E-state index in [0.29, 0.717) is 18.1 Å². The monoisotopic (exact) mass is 190 g/mol. The fraction of sp³-hybridized carbons (Fsp3) is 0.400. The molecule has 1 fully saturated rings. The average Bonchev–Trinajstić information content (AvgIpc) is 2.71. The molecule has 1 aliphatic rings. The highest BCUT2D eigenvalue weighted by Crippen LogP contribution is 2.14. The van der Waals surface area contributed by atoms with Gasteiger partial charge in [0, 0.05) is 18.7 Å². The van der Waals surface area contributed by atoms with E-state index in [0.717, 1.165) is 13.0 Å². The normalized spacial score (nSPS) is 20.4. The van der Waals surface area contributed by atoms with Crippen LogP contribution in [-0.4, -0.2) is 24.3 Å². The van der Waals surface area contributed by atoms with E-state index < -0.39 is 0 Å². The third-order valence-corrected chi connectivity index (χ3v) is 2.04. The zero-order chi connectivity index (χ0) is 9.80. The maximum atomic E-state index is 8.66. The summed E-state index contributed by atoms with van der Waals surface area (Å²) in [4.78, 5) is 4.02. The summed E-state index contributed by atoms with van der Waals surface area (Å²) in [7, 11) is 0. The van der Waals surface area contributed by atoms with Crippen molar-refractivity contribution in [2.75, 3.05) is 13.2 Å². The molecule has 0 N–H and O–H groups in total. The van der Waals surface area contributed by atoms with E-state index in [1.165, 1.54) is 0 Å². The van der Waals surface area contributed by atoms with Gasteiger partial charge in [0.1, 0.15) is 6.10 Å². The van der Waals surface area contributed by atoms with Crippen molar-refractivity contribution in [2.24, 2.45) is 0 Å². The zero-order valence-corrected chi connectivity index (χ0v) is 7.64. The van der Waals surface area contributed by atoms with Crippen LogP contribution in [0.2, 0.25) is 0 Å². The Bertz CT molecular complexity index is 353. The smallest absolute Gasteiger partial charge is 0.214 e. The lowest BCUT2D eigenvalue weighted by Crippen LogP contribution is -2.16. The molecular formula is C10H10N2O2. The highest BCUT2D eigenvalue weighted by molar-refractivity contribution is 5.31. The highest BCUT2D eigenvalue weighted by Gasteiger charge is 2.17. The molecule has 4 heteroatoms. The molecule has 1 saturated heterocycles. The first-order valence-corrected chi connectivity index (χ1v) is 4.49. The first-order chi connectivity index (χ1) is 6.88. The van der Waals surface area contributed by atoms with Crippen LogP contribution in [0.5, 0.6) is 5.88 Å². The van der Waals surface area contributed by atoms with E-state index in [-0.39, 0.29) is 6.10 Å². The van der Waals surface area contributed by atoms with Crippen LogP contribution in [-0.2, 0) is 4.74 Å². The third-order valence-electron chi connectivity index (χ3n) is 2.04. The Hall–Kier alpha value is -1.60. The Morgan fingerprint density at radius 2 is 2.57 bits per heavy atom. The largest absolute Gasteiger partial charge is 0.472 e. The Morgan fingerprint density at radius 3 is 3.29 bits per heavy atom. The molecule has 14 heavy (non-hydrogen) atoms. The second-order valence-corrected chi connectivity index (χ2v) is 3.10. The fourth-order valence-corrected chi connectivity index (χ4v) is 1.32. The number of nitriles is 1. The van der Waals surface area contributed by atoms with Crippen LogP contribution in [0.3, 0.4) is 0 Å². The summed E-state index contributed by atoms with van der Waals surface area (Å²) in [6.45, 7) is 1.35. The lowest BCUT2D eigenvalue weighted by atomic mass is 10.3. The molecule has 0 amide bonds. The molecule has 1 unspecified atom stereocenters. The summed E-state index contributed by atoms with van der Waals surface area (Å²) < 4.78 is 10.7. The van der Waals surface area contributed by atoms with Crippen LogP contribution >= 0.6 is 0 Å². The standard InChI is InChI=1S/C10H10N2O2/c11-6-8-1-3-12-10(5-8)14-9-2-4-13-7-9/h1,3,5,9H,2,4,7H2. The molecular weight excluding hydrogens is 180 g/mol. The van der Waals surface area contributed by atoms with Crippen molar-refractivity contribution in [2.45, 2.75) is 12.5 Å². The molecule has 72 valence electrons. The Kier molecular flexibility index (Phi) is 2.61. The van der Waals surface area contributed by atoms with E-state index >= 15 is 0 Å². The number of pyridine rings is 1. The summed E-state index contributed by atoms with van der Waals surface area (Å²) >= 11 is 0. The number of hydrogen-bond donors (Lipinski definition) is 0. The summed E-state index contributed by atoms with van der Waals surface area (Å²) in [5.74, 6) is 0.500. The summed E-state index contributed by atoms with van der Waals surface area (Å²) in [5.41, 5.74) is 0.564. The van der Waals surface area contributed by atoms with Crippen molar-refractivity contribution < 1.29 is 9.47 Å². The van der Waals surface area contributed by atoms with Crippen LogP contribution in [0, 0.1) is 11.3 Å². The molecule has 0 aromatic carbocycles. The van der Waals surface area contributed by atoms with Gasteiger partial charge in [-0.25, -0.2) is 4.98 Å². The van der Waals surface area contributed by atoms with E-state index in [1.807, 2.05) is 6.07 Å². The molecule has 4 nitrogen and oxygen atoms in total. The molecule has 0 radical (unpaired) electrons. The van der Waals surface area contributed by atoms with Gasteiger partial charge in [-0.05, 0) is 6.07 Å². The predicted molar refractivity (Wildman–Crippen MR) is 48.8 cm³/mol. The molecule has 0 saturated carbocycles. The van der Waals surface area contributed by atoms with Gasteiger partial charge in [0.2, 0.25) is 5.88 Å². The highest BCUT2D eigenvalue weighted by atomic mass is 16.5. The molecule has 0 bridgehead atoms. The molecule has 1 aliphatic heterocycles. The van der Waals surface area contributed by atoms with E-state index in [2.05, 4.69) is 4.98 Å². The molecule has 1 atom stereocenters. The van der Waals surface area contributed by atoms with Crippen LogP contribution in [0.15, 0.2) is 18.3 Å². The van der Waals surface area contributed by atoms with Gasteiger partial charge in [-0.15, -0.1) is 0 Å². The second kappa shape index (κ2) is 4.07. The van der Waals surface area contributed by atoms with Gasteiger partial charge < -0.3 is 9.47 Å². The predicted octanol–water partition coefficient (Wildman–Crippen LogP) is 1.12. The van der Waals surface area contributed by atoms with E-state index in [4.69, 9.17) is 14.7 Å². The molecule has 1 aromatic heterocycles. The van der Waals surface area contributed by atoms with Gasteiger partial charge in [0.05, 0.1) is 24.8 Å². The van der Waals surface area contributed by atoms with Crippen LogP contribution in [0.1, 0.15) is 12.0 Å². The number of hydrogen-bond acceptors (Lipinski definition) is 4. The minimum absolute atomic E-state index is 0.0800. The number of rotatable bonds is 2. The molecule has 0 aliphatic carbocycles. The van der Waals surface area contributed by atoms with Gasteiger partial charge in [-0.1, -0.05) is 0 Å². The van der Waals surface area contributed by atoms with Crippen molar-refractivity contribution >= 4 is 0 Å². The van der Waals surface area contributed by atoms with Crippen molar-refractivity contribution in [1.82, 2.24) is 4.98 Å². The van der Waals surface area contributed by atoms with Gasteiger partial charge >= 0.3 is 0 Å². The van der Waals surface area contributed by atoms with Crippen LogP contribution in [0.4, 0.5) is 0 Å². The van der Waals surface area contributed by atoms with Crippen molar-refractivity contribution in [3.8, 4) is 11.9 Å². The summed E-state index contributed by atoms with van der Waals surface area (Å²) in [5, 5.41) is 8.66. The van der Waals surface area contributed by atoms with Crippen LogP contribution < -0.4 is 4.74 Å². The topological polar surface area (TPSA) is 55.1 Å². The summed E-state index contributed by atoms with van der Waals surface area (Å²) in [6, 6.07) is 5.33. The first kappa shape index (κ1) is 8.97. The Labute approximate surface area is 82.1 Å². The lowest BCUT2D eigenvalue weighted by Gasteiger charge is -2.09. The maximum absolute atomic E-state index is 8.66. The Balaban J connectivity index is 2.05. The quantitative estimate of drug-likeness (QED) is 0.701. The van der Waals surface area contributed by atoms with Crippen molar-refractivity contribution in [3.63, 3.8) is 0 Å². The number of aromatic nitrogens is 1. The molecule has 1 aromatic rings. The fourth-order valence-electron chi connectivity index (χ4n) is 1.32. The lowest BCUT2D eigenvalue weighted by molar-refractivity contribution is 0.138. The van der Waals surface area contributed by atoms with Gasteiger partial charge in [0.25, 0.3) is 0 Å². The van der Waals surface area contributed by atoms with Gasteiger partial charge in [-0.2, -0.15) is 5.26 Å². The number of ether oxygens (including phenoxy) is 2. The second-order valence-electron chi connectivity index (χ2n) is 3.10. The SMILES string of the molecule is N#Cc1ccnc(OC2CCOC2)c1. The summed E-state index contributed by atoms with van der Waals surface area (Å²) in [6.07, 6.45) is 2.54. The van der Waals surface area contributed by atoms with E-state index in [9.17, 15) is 0 Å². The maximum Gasteiger partial charge on any atom is 0.214 e. The average molecular weight is 190 g/mol. The Morgan fingerprint density at radius 1 is 1.64 bits per heavy atom. The third kappa shape index (κ3) is 2.01. The zero-order valence-electron chi connectivity index (χ0n) is 7.64. The molecule has 2 rings (SSSR count). The minimum Gasteiger partial charge on any atom is -0.472 e. The molecule has 2 heterocycles. The van der Waals surface area contributed by atoms with E-state index in [1.54, 1.807) is 18.3 Å². The van der Waals surface area contributed by atoms with Gasteiger partial charge in [-0.3, -0.25) is 0 Å². The van der Waals surface area contributed by atoms with Gasteiger partial charge in [0.15, 0.2) is 0 Å². The first-order valence-electron chi connectivity index (χ1n) is 4.49. The van der Waals surface area contributed by atoms with Crippen molar-refractivity contribution in [3.05, 3.63) is 23.9 Å². The minimum atomic E-state index is 0.0800. The van der Waals surface area contributed by atoms with Crippen LogP contribution in [0.25, 0.3) is 0 Å².